The minimum atomic E-state index is -0.861. The van der Waals surface area contributed by atoms with Crippen molar-refractivity contribution in [1.82, 2.24) is 9.88 Å². The Bertz CT molecular complexity index is 1240. The van der Waals surface area contributed by atoms with Crippen LogP contribution in [0.25, 0.3) is 11.1 Å². The average Bonchev–Trinajstić information content (AvgIpc) is 3.31. The normalized spacial score (nSPS) is 14.8. The molecule has 2 N–H and O–H groups in total. The quantitative estimate of drug-likeness (QED) is 0.546. The third kappa shape index (κ3) is 4.14. The highest BCUT2D eigenvalue weighted by molar-refractivity contribution is 7.17. The molecule has 2 aromatic carbocycles. The highest BCUT2D eigenvalue weighted by Crippen LogP contribution is 2.44. The molecule has 0 spiro atoms. The zero-order valence-corrected chi connectivity index (χ0v) is 19.3. The van der Waals surface area contributed by atoms with E-state index < -0.39 is 12.1 Å². The molecule has 0 radical (unpaired) electrons. The molecule has 0 atom stereocenters. The zero-order valence-electron chi connectivity index (χ0n) is 18.5. The molecular formula is C25H23N3O5S. The molecule has 0 unspecified atom stereocenters. The lowest BCUT2D eigenvalue weighted by Gasteiger charge is -2.38. The fraction of sp³-hybridized carbons (Fsp3) is 0.280. The maximum Gasteiger partial charge on any atom is 0.413 e. The third-order valence-electron chi connectivity index (χ3n) is 6.25. The molecule has 5 rings (SSSR count). The van der Waals surface area contributed by atoms with Gasteiger partial charge in [0.05, 0.1) is 12.1 Å². The van der Waals surface area contributed by atoms with E-state index in [1.54, 1.807) is 11.8 Å². The Kier molecular flexibility index (Phi) is 5.79. The van der Waals surface area contributed by atoms with Crippen LogP contribution in [0.3, 0.4) is 0 Å². The number of anilines is 1. The van der Waals surface area contributed by atoms with Crippen molar-refractivity contribution in [1.29, 1.82) is 0 Å². The smallest absolute Gasteiger partial charge is 0.413 e. The number of fused-ring (bicyclic) bond motifs is 3. The van der Waals surface area contributed by atoms with Gasteiger partial charge in [0, 0.05) is 24.9 Å². The Balaban J connectivity index is 1.20. The number of rotatable bonds is 6. The number of aromatic nitrogens is 1. The second kappa shape index (κ2) is 8.90. The van der Waals surface area contributed by atoms with Gasteiger partial charge in [-0.15, -0.1) is 0 Å². The van der Waals surface area contributed by atoms with Gasteiger partial charge < -0.3 is 14.7 Å². The van der Waals surface area contributed by atoms with Crippen LogP contribution in [0.5, 0.6) is 0 Å². The maximum atomic E-state index is 12.7. The summed E-state index contributed by atoms with van der Waals surface area (Å²) < 4.78 is 5.55. The molecule has 1 saturated heterocycles. The summed E-state index contributed by atoms with van der Waals surface area (Å²) in [6, 6.07) is 16.2. The molecule has 2 heterocycles. The van der Waals surface area contributed by atoms with E-state index in [-0.39, 0.29) is 30.8 Å². The van der Waals surface area contributed by atoms with Crippen LogP contribution in [-0.2, 0) is 9.53 Å². The van der Waals surface area contributed by atoms with Crippen LogP contribution >= 0.6 is 11.3 Å². The van der Waals surface area contributed by atoms with E-state index >= 15 is 0 Å². The van der Waals surface area contributed by atoms with Gasteiger partial charge in [-0.1, -0.05) is 59.9 Å². The van der Waals surface area contributed by atoms with Crippen LogP contribution in [0.1, 0.15) is 38.8 Å². The number of benzene rings is 2. The zero-order chi connectivity index (χ0) is 23.8. The van der Waals surface area contributed by atoms with Gasteiger partial charge in [0.15, 0.2) is 5.13 Å². The van der Waals surface area contributed by atoms with Crippen LogP contribution in [0.2, 0.25) is 0 Å². The van der Waals surface area contributed by atoms with E-state index in [4.69, 9.17) is 9.84 Å². The Morgan fingerprint density at radius 1 is 1.09 bits per heavy atom. The second-order valence-corrected chi connectivity index (χ2v) is 9.56. The van der Waals surface area contributed by atoms with E-state index in [0.717, 1.165) is 33.6 Å². The second-order valence-electron chi connectivity index (χ2n) is 8.56. The number of hydrogen-bond acceptors (Lipinski definition) is 6. The first-order valence-electron chi connectivity index (χ1n) is 11.0. The van der Waals surface area contributed by atoms with Crippen molar-refractivity contribution in [2.45, 2.75) is 19.3 Å². The number of aliphatic carboxylic acids is 1. The molecule has 8 nitrogen and oxygen atoms in total. The van der Waals surface area contributed by atoms with Gasteiger partial charge in [0.25, 0.3) is 5.91 Å². The van der Waals surface area contributed by atoms with Crippen LogP contribution < -0.4 is 5.32 Å². The summed E-state index contributed by atoms with van der Waals surface area (Å²) in [6.45, 7) is 2.73. The number of hydrogen-bond donors (Lipinski definition) is 2. The highest BCUT2D eigenvalue weighted by atomic mass is 32.1. The molecule has 34 heavy (non-hydrogen) atoms. The monoisotopic (exact) mass is 477 g/mol. The predicted molar refractivity (Wildman–Crippen MR) is 127 cm³/mol. The number of nitrogens with one attached hydrogen (secondary N) is 1. The fourth-order valence-electron chi connectivity index (χ4n) is 4.63. The first kappa shape index (κ1) is 22.1. The third-order valence-corrected chi connectivity index (χ3v) is 7.31. The molecule has 1 fully saturated rings. The molecule has 3 aromatic rings. The van der Waals surface area contributed by atoms with Crippen molar-refractivity contribution in [3.8, 4) is 11.1 Å². The molecule has 2 aliphatic rings. The lowest BCUT2D eigenvalue weighted by Crippen LogP contribution is -2.50. The number of carbonyl (C=O) groups is 3. The lowest BCUT2D eigenvalue weighted by atomic mass is 9.96. The standard InChI is InChI=1S/C25H23N3O5S/c1-14-22(23(31)28-11-15(12-28)10-21(29)30)34-24(26-14)27-25(32)33-13-20-18-8-4-2-6-16(18)17-7-3-5-9-19(17)20/h2-9,15,20H,10-13H2,1H3,(H,29,30)(H,26,27,32). The molecule has 0 bridgehead atoms. The molecular weight excluding hydrogens is 454 g/mol. The summed E-state index contributed by atoms with van der Waals surface area (Å²) in [6.07, 6.45) is -0.569. The van der Waals surface area contributed by atoms with Crippen molar-refractivity contribution in [3.63, 3.8) is 0 Å². The highest BCUT2D eigenvalue weighted by Gasteiger charge is 2.34. The molecule has 0 saturated carbocycles. The number of ether oxygens (including phenoxy) is 1. The van der Waals surface area contributed by atoms with Gasteiger partial charge in [-0.05, 0) is 29.2 Å². The maximum absolute atomic E-state index is 12.7. The Morgan fingerprint density at radius 2 is 1.71 bits per heavy atom. The number of carbonyl (C=O) groups excluding carboxylic acids is 2. The van der Waals surface area contributed by atoms with E-state index in [0.29, 0.717) is 28.8 Å². The predicted octanol–water partition coefficient (Wildman–Crippen LogP) is 4.36. The van der Waals surface area contributed by atoms with Gasteiger partial charge >= 0.3 is 12.1 Å². The molecule has 1 aliphatic carbocycles. The van der Waals surface area contributed by atoms with Gasteiger partial charge in [0.2, 0.25) is 0 Å². The minimum Gasteiger partial charge on any atom is -0.481 e. The summed E-state index contributed by atoms with van der Waals surface area (Å²) in [5.74, 6) is -1.12. The van der Waals surface area contributed by atoms with Crippen molar-refractivity contribution in [2.75, 3.05) is 25.0 Å². The van der Waals surface area contributed by atoms with Crippen LogP contribution in [0.4, 0.5) is 9.93 Å². The van der Waals surface area contributed by atoms with Crippen molar-refractivity contribution in [3.05, 3.63) is 70.2 Å². The van der Waals surface area contributed by atoms with Crippen molar-refractivity contribution >= 4 is 34.4 Å². The summed E-state index contributed by atoms with van der Waals surface area (Å²) in [7, 11) is 0. The van der Waals surface area contributed by atoms with E-state index in [1.165, 1.54) is 0 Å². The minimum absolute atomic E-state index is 0.0203. The number of carboxylic acids is 1. The van der Waals surface area contributed by atoms with Gasteiger partial charge in [0.1, 0.15) is 11.5 Å². The summed E-state index contributed by atoms with van der Waals surface area (Å²) >= 11 is 1.09. The van der Waals surface area contributed by atoms with E-state index in [2.05, 4.69) is 34.6 Å². The molecule has 1 aromatic heterocycles. The largest absolute Gasteiger partial charge is 0.481 e. The number of aryl methyl sites for hydroxylation is 1. The van der Waals surface area contributed by atoms with Crippen LogP contribution in [-0.4, -0.2) is 52.7 Å². The topological polar surface area (TPSA) is 109 Å². The summed E-state index contributed by atoms with van der Waals surface area (Å²) in [4.78, 5) is 42.4. The van der Waals surface area contributed by atoms with E-state index in [9.17, 15) is 14.4 Å². The van der Waals surface area contributed by atoms with Crippen LogP contribution in [0, 0.1) is 12.8 Å². The average molecular weight is 478 g/mol. The number of carboxylic acid groups (broad SMARTS) is 1. The Labute approximate surface area is 200 Å². The number of thiazole rings is 1. The Morgan fingerprint density at radius 3 is 2.32 bits per heavy atom. The van der Waals surface area contributed by atoms with Gasteiger partial charge in [-0.25, -0.2) is 9.78 Å². The first-order valence-corrected chi connectivity index (χ1v) is 11.8. The van der Waals surface area contributed by atoms with E-state index in [1.807, 2.05) is 24.3 Å². The summed E-state index contributed by atoms with van der Waals surface area (Å²) in [5, 5.41) is 11.8. The molecule has 1 aliphatic heterocycles. The number of nitrogens with zero attached hydrogens (tertiary/aromatic N) is 2. The fourth-order valence-corrected chi connectivity index (χ4v) is 5.55. The van der Waals surface area contributed by atoms with Gasteiger partial charge in [-0.3, -0.25) is 14.9 Å². The molecule has 9 heteroatoms. The number of likely N-dealkylation sites (tertiary alicyclic amines) is 1. The van der Waals surface area contributed by atoms with Crippen LogP contribution in [0.15, 0.2) is 48.5 Å². The number of amides is 2. The lowest BCUT2D eigenvalue weighted by molar-refractivity contribution is -0.139. The molecule has 174 valence electrons. The first-order chi connectivity index (χ1) is 16.4. The van der Waals surface area contributed by atoms with Gasteiger partial charge in [-0.2, -0.15) is 0 Å². The molecule has 2 amide bonds. The van der Waals surface area contributed by atoms with Crippen molar-refractivity contribution < 1.29 is 24.2 Å². The SMILES string of the molecule is Cc1nc(NC(=O)OCC2c3ccccc3-c3ccccc32)sc1C(=O)N1CC(CC(=O)O)C1. The Hall–Kier alpha value is -3.72. The van der Waals surface area contributed by atoms with Crippen molar-refractivity contribution in [2.24, 2.45) is 5.92 Å². The summed E-state index contributed by atoms with van der Waals surface area (Å²) in [5.41, 5.74) is 5.09.